The Balaban J connectivity index is 2.00. The van der Waals surface area contributed by atoms with Gasteiger partial charge in [-0.15, -0.1) is 0 Å². The predicted molar refractivity (Wildman–Crippen MR) is 96.9 cm³/mol. The molecule has 1 aliphatic heterocycles. The van der Waals surface area contributed by atoms with Gasteiger partial charge < -0.3 is 28.6 Å². The van der Waals surface area contributed by atoms with Crippen LogP contribution in [0, 0.1) is 5.41 Å². The molecule has 3 rings (SSSR count). The number of hydrogen-bond acceptors (Lipinski definition) is 6. The van der Waals surface area contributed by atoms with Gasteiger partial charge in [0.25, 0.3) is 0 Å². The number of methoxy groups -OCH3 is 3. The standard InChI is InChI=1S/C19H26N2O5/c1-23-15-5-4-14(16(24-2)17(15)25-3)18-20-8-9-21(18)12-19(13-22)6-10-26-11-7-19/h4-5,8-9,22H,6-7,10-13H2,1-3H3. The summed E-state index contributed by atoms with van der Waals surface area (Å²) in [5.74, 6) is 2.47. The highest BCUT2D eigenvalue weighted by molar-refractivity contribution is 5.72. The number of aromatic nitrogens is 2. The molecule has 7 heteroatoms. The first-order valence-corrected chi connectivity index (χ1v) is 8.67. The summed E-state index contributed by atoms with van der Waals surface area (Å²) in [6.07, 6.45) is 5.34. The molecule has 0 amide bonds. The van der Waals surface area contributed by atoms with E-state index in [2.05, 4.69) is 9.55 Å². The Bertz CT molecular complexity index is 738. The maximum Gasteiger partial charge on any atom is 0.204 e. The van der Waals surface area contributed by atoms with Crippen LogP contribution in [-0.2, 0) is 11.3 Å². The van der Waals surface area contributed by atoms with E-state index in [-0.39, 0.29) is 12.0 Å². The molecule has 26 heavy (non-hydrogen) atoms. The van der Waals surface area contributed by atoms with Crippen LogP contribution in [0.5, 0.6) is 17.2 Å². The van der Waals surface area contributed by atoms with Crippen molar-refractivity contribution in [2.45, 2.75) is 19.4 Å². The first-order valence-electron chi connectivity index (χ1n) is 8.67. The number of benzene rings is 1. The van der Waals surface area contributed by atoms with E-state index in [1.54, 1.807) is 27.5 Å². The van der Waals surface area contributed by atoms with Crippen molar-refractivity contribution in [2.75, 3.05) is 41.2 Å². The molecule has 1 aliphatic rings. The number of aliphatic hydroxyl groups excluding tert-OH is 1. The van der Waals surface area contributed by atoms with E-state index in [1.165, 1.54) is 0 Å². The van der Waals surface area contributed by atoms with Gasteiger partial charge in [-0.2, -0.15) is 0 Å². The predicted octanol–water partition coefficient (Wildman–Crippen LogP) is 2.37. The van der Waals surface area contributed by atoms with Crippen LogP contribution >= 0.6 is 0 Å². The van der Waals surface area contributed by atoms with Gasteiger partial charge in [0, 0.05) is 37.6 Å². The fraction of sp³-hybridized carbons (Fsp3) is 0.526. The molecule has 1 fully saturated rings. The van der Waals surface area contributed by atoms with Gasteiger partial charge in [0.1, 0.15) is 5.82 Å². The number of imidazole rings is 1. The van der Waals surface area contributed by atoms with Gasteiger partial charge >= 0.3 is 0 Å². The molecule has 0 radical (unpaired) electrons. The highest BCUT2D eigenvalue weighted by Gasteiger charge is 2.33. The normalized spacial score (nSPS) is 16.3. The van der Waals surface area contributed by atoms with Crippen molar-refractivity contribution in [1.29, 1.82) is 0 Å². The second kappa shape index (κ2) is 7.97. The summed E-state index contributed by atoms with van der Waals surface area (Å²) in [6.45, 7) is 2.13. The van der Waals surface area contributed by atoms with E-state index >= 15 is 0 Å². The maximum absolute atomic E-state index is 10.0. The number of ether oxygens (including phenoxy) is 4. The third-order valence-corrected chi connectivity index (χ3v) is 5.06. The third-order valence-electron chi connectivity index (χ3n) is 5.06. The van der Waals surface area contributed by atoms with Crippen molar-refractivity contribution < 1.29 is 24.1 Å². The summed E-state index contributed by atoms with van der Waals surface area (Å²) >= 11 is 0. The molecule has 142 valence electrons. The minimum atomic E-state index is -0.197. The van der Waals surface area contributed by atoms with E-state index in [4.69, 9.17) is 18.9 Å². The Kier molecular flexibility index (Phi) is 5.68. The maximum atomic E-state index is 10.0. The summed E-state index contributed by atoms with van der Waals surface area (Å²) in [6, 6.07) is 3.75. The summed E-state index contributed by atoms with van der Waals surface area (Å²) in [4.78, 5) is 4.53. The van der Waals surface area contributed by atoms with E-state index < -0.39 is 0 Å². The number of rotatable bonds is 7. The molecule has 7 nitrogen and oxygen atoms in total. The molecular weight excluding hydrogens is 336 g/mol. The molecule has 1 aromatic carbocycles. The first kappa shape index (κ1) is 18.5. The minimum Gasteiger partial charge on any atom is -0.493 e. The summed E-state index contributed by atoms with van der Waals surface area (Å²) < 4.78 is 24.0. The van der Waals surface area contributed by atoms with Crippen LogP contribution in [0.15, 0.2) is 24.5 Å². The van der Waals surface area contributed by atoms with E-state index in [0.717, 1.165) is 24.2 Å². The van der Waals surface area contributed by atoms with Crippen LogP contribution in [0.1, 0.15) is 12.8 Å². The highest BCUT2D eigenvalue weighted by atomic mass is 16.5. The van der Waals surface area contributed by atoms with E-state index in [1.807, 2.05) is 18.3 Å². The lowest BCUT2D eigenvalue weighted by Crippen LogP contribution is -2.37. The van der Waals surface area contributed by atoms with Crippen LogP contribution < -0.4 is 14.2 Å². The average Bonchev–Trinajstić information content (AvgIpc) is 3.14. The van der Waals surface area contributed by atoms with Crippen molar-refractivity contribution in [3.05, 3.63) is 24.5 Å². The van der Waals surface area contributed by atoms with Gasteiger partial charge in [-0.1, -0.05) is 0 Å². The SMILES string of the molecule is COc1ccc(-c2nccn2CC2(CO)CCOCC2)c(OC)c1OC. The van der Waals surface area contributed by atoms with Crippen molar-refractivity contribution in [2.24, 2.45) is 5.41 Å². The van der Waals surface area contributed by atoms with E-state index in [9.17, 15) is 5.11 Å². The Labute approximate surface area is 153 Å². The van der Waals surface area contributed by atoms with Crippen molar-refractivity contribution >= 4 is 0 Å². The third kappa shape index (κ3) is 3.37. The number of aliphatic hydroxyl groups is 1. The topological polar surface area (TPSA) is 75.0 Å². The van der Waals surface area contributed by atoms with Gasteiger partial charge in [0.15, 0.2) is 11.5 Å². The first-order chi connectivity index (χ1) is 12.7. The Hall–Kier alpha value is -2.25. The van der Waals surface area contributed by atoms with Crippen molar-refractivity contribution in [3.63, 3.8) is 0 Å². The van der Waals surface area contributed by atoms with Crippen LogP contribution in [0.3, 0.4) is 0 Å². The van der Waals surface area contributed by atoms with E-state index in [0.29, 0.717) is 37.0 Å². The lowest BCUT2D eigenvalue weighted by Gasteiger charge is -2.36. The zero-order valence-electron chi connectivity index (χ0n) is 15.5. The molecule has 1 aromatic heterocycles. The lowest BCUT2D eigenvalue weighted by atomic mass is 9.81. The fourth-order valence-corrected chi connectivity index (χ4v) is 3.49. The molecule has 0 spiro atoms. The molecule has 0 aliphatic carbocycles. The summed E-state index contributed by atoms with van der Waals surface area (Å²) in [5.41, 5.74) is 0.618. The molecule has 0 atom stereocenters. The summed E-state index contributed by atoms with van der Waals surface area (Å²) in [7, 11) is 4.77. The van der Waals surface area contributed by atoms with Crippen molar-refractivity contribution in [3.8, 4) is 28.6 Å². The second-order valence-electron chi connectivity index (χ2n) is 6.53. The molecule has 0 saturated carbocycles. The Morgan fingerprint density at radius 1 is 1.12 bits per heavy atom. The summed E-state index contributed by atoms with van der Waals surface area (Å²) in [5, 5.41) is 10.0. The fourth-order valence-electron chi connectivity index (χ4n) is 3.49. The largest absolute Gasteiger partial charge is 0.493 e. The Morgan fingerprint density at radius 3 is 2.46 bits per heavy atom. The second-order valence-corrected chi connectivity index (χ2v) is 6.53. The molecule has 0 unspecified atom stereocenters. The van der Waals surface area contributed by atoms with Crippen LogP contribution in [0.25, 0.3) is 11.4 Å². The average molecular weight is 362 g/mol. The zero-order valence-corrected chi connectivity index (χ0v) is 15.5. The molecule has 0 bridgehead atoms. The van der Waals surface area contributed by atoms with Crippen LogP contribution in [-0.4, -0.2) is 55.8 Å². The molecule has 1 N–H and O–H groups in total. The van der Waals surface area contributed by atoms with Crippen LogP contribution in [0.2, 0.25) is 0 Å². The number of nitrogens with zero attached hydrogens (tertiary/aromatic N) is 2. The van der Waals surface area contributed by atoms with Crippen molar-refractivity contribution in [1.82, 2.24) is 9.55 Å². The number of hydrogen-bond donors (Lipinski definition) is 1. The molecular formula is C19H26N2O5. The lowest BCUT2D eigenvalue weighted by molar-refractivity contribution is -0.0250. The molecule has 1 saturated heterocycles. The van der Waals surface area contributed by atoms with Gasteiger partial charge in [-0.3, -0.25) is 0 Å². The molecule has 2 aromatic rings. The molecule has 2 heterocycles. The van der Waals surface area contributed by atoms with Gasteiger partial charge in [-0.05, 0) is 25.0 Å². The van der Waals surface area contributed by atoms with Gasteiger partial charge in [-0.25, -0.2) is 4.98 Å². The van der Waals surface area contributed by atoms with Gasteiger partial charge in [0.05, 0.1) is 33.5 Å². The minimum absolute atomic E-state index is 0.122. The zero-order chi connectivity index (χ0) is 18.6. The van der Waals surface area contributed by atoms with Gasteiger partial charge in [0.2, 0.25) is 5.75 Å². The smallest absolute Gasteiger partial charge is 0.204 e. The monoisotopic (exact) mass is 362 g/mol. The van der Waals surface area contributed by atoms with Crippen LogP contribution in [0.4, 0.5) is 0 Å². The quantitative estimate of drug-likeness (QED) is 0.815. The Morgan fingerprint density at radius 2 is 1.85 bits per heavy atom. The highest BCUT2D eigenvalue weighted by Crippen LogP contribution is 2.44.